The fraction of sp³-hybridized carbons (Fsp3) is 0.562. The Bertz CT molecular complexity index is 760. The van der Waals surface area contributed by atoms with Crippen LogP contribution in [-0.2, 0) is 11.2 Å². The maximum atomic E-state index is 11.5. The SMILES string of the molecule is CCc1cc(Br)n2ncnc(N3CCC(C)(C(=O)O)C[C@@H]3C)c12. The lowest BCUT2D eigenvalue weighted by atomic mass is 9.77. The lowest BCUT2D eigenvalue weighted by molar-refractivity contribution is -0.149. The van der Waals surface area contributed by atoms with Crippen LogP contribution in [0.15, 0.2) is 17.0 Å². The number of halogens is 1. The maximum Gasteiger partial charge on any atom is 0.309 e. The van der Waals surface area contributed by atoms with Gasteiger partial charge in [-0.2, -0.15) is 5.10 Å². The lowest BCUT2D eigenvalue weighted by Crippen LogP contribution is -2.48. The van der Waals surface area contributed by atoms with Crippen molar-refractivity contribution in [2.45, 2.75) is 46.1 Å². The van der Waals surface area contributed by atoms with Crippen LogP contribution in [-0.4, -0.2) is 38.3 Å². The lowest BCUT2D eigenvalue weighted by Gasteiger charge is -2.42. The van der Waals surface area contributed by atoms with Gasteiger partial charge in [-0.25, -0.2) is 9.50 Å². The van der Waals surface area contributed by atoms with Crippen LogP contribution in [0.5, 0.6) is 0 Å². The minimum Gasteiger partial charge on any atom is -0.481 e. The Morgan fingerprint density at radius 3 is 2.91 bits per heavy atom. The maximum absolute atomic E-state index is 11.5. The highest BCUT2D eigenvalue weighted by Gasteiger charge is 2.41. The minimum absolute atomic E-state index is 0.113. The van der Waals surface area contributed by atoms with Crippen molar-refractivity contribution in [2.75, 3.05) is 11.4 Å². The Morgan fingerprint density at radius 1 is 1.57 bits per heavy atom. The zero-order valence-corrected chi connectivity index (χ0v) is 15.2. The molecular formula is C16H21BrN4O2. The second-order valence-electron chi connectivity index (χ2n) is 6.55. The van der Waals surface area contributed by atoms with E-state index in [1.807, 2.05) is 11.4 Å². The summed E-state index contributed by atoms with van der Waals surface area (Å²) < 4.78 is 2.77. The minimum atomic E-state index is -0.712. The number of piperidine rings is 1. The summed E-state index contributed by atoms with van der Waals surface area (Å²) in [4.78, 5) is 18.3. The van der Waals surface area contributed by atoms with E-state index in [9.17, 15) is 9.90 Å². The van der Waals surface area contributed by atoms with Gasteiger partial charge in [0.2, 0.25) is 0 Å². The van der Waals surface area contributed by atoms with Crippen molar-refractivity contribution in [2.24, 2.45) is 5.41 Å². The molecule has 1 saturated heterocycles. The number of carboxylic acid groups (broad SMARTS) is 1. The first-order valence-corrected chi connectivity index (χ1v) is 8.68. The second kappa shape index (κ2) is 5.78. The summed E-state index contributed by atoms with van der Waals surface area (Å²) in [6.07, 6.45) is 3.68. The number of carboxylic acids is 1. The van der Waals surface area contributed by atoms with Crippen molar-refractivity contribution in [1.82, 2.24) is 14.6 Å². The zero-order valence-electron chi connectivity index (χ0n) is 13.6. The molecule has 0 aromatic carbocycles. The average Bonchev–Trinajstić information content (AvgIpc) is 2.84. The molecule has 6 nitrogen and oxygen atoms in total. The van der Waals surface area contributed by atoms with Gasteiger partial charge in [0.1, 0.15) is 16.4 Å². The van der Waals surface area contributed by atoms with Crippen molar-refractivity contribution in [3.05, 3.63) is 22.6 Å². The van der Waals surface area contributed by atoms with Gasteiger partial charge in [0.15, 0.2) is 5.82 Å². The fourth-order valence-electron chi connectivity index (χ4n) is 3.50. The number of rotatable bonds is 3. The van der Waals surface area contributed by atoms with Gasteiger partial charge in [-0.15, -0.1) is 0 Å². The average molecular weight is 381 g/mol. The molecule has 7 heteroatoms. The van der Waals surface area contributed by atoms with Crippen molar-refractivity contribution >= 4 is 33.2 Å². The van der Waals surface area contributed by atoms with E-state index in [2.05, 4.69) is 50.8 Å². The van der Waals surface area contributed by atoms with Gasteiger partial charge in [0, 0.05) is 12.6 Å². The molecule has 3 heterocycles. The van der Waals surface area contributed by atoms with Crippen LogP contribution in [0.25, 0.3) is 5.52 Å². The molecule has 2 atom stereocenters. The zero-order chi connectivity index (χ0) is 16.8. The van der Waals surface area contributed by atoms with E-state index in [0.29, 0.717) is 19.4 Å². The highest BCUT2D eigenvalue weighted by atomic mass is 79.9. The number of aryl methyl sites for hydroxylation is 1. The summed E-state index contributed by atoms with van der Waals surface area (Å²) in [6.45, 7) is 6.70. The standard InChI is InChI=1S/C16H21BrN4O2/c1-4-11-7-12(17)21-13(11)14(18-9-19-21)20-6-5-16(3,15(22)23)8-10(20)2/h7,9-10H,4-6,8H2,1-3H3,(H,22,23)/t10-,16?/m0/s1. The summed E-state index contributed by atoms with van der Waals surface area (Å²) in [7, 11) is 0. The van der Waals surface area contributed by atoms with E-state index in [1.54, 1.807) is 6.33 Å². The van der Waals surface area contributed by atoms with Crippen molar-refractivity contribution in [3.63, 3.8) is 0 Å². The summed E-state index contributed by atoms with van der Waals surface area (Å²) in [5.41, 5.74) is 1.54. The Labute approximate surface area is 143 Å². The molecule has 124 valence electrons. The number of carbonyl (C=O) groups is 1. The first kappa shape index (κ1) is 16.2. The van der Waals surface area contributed by atoms with Crippen LogP contribution in [0.1, 0.15) is 39.2 Å². The van der Waals surface area contributed by atoms with Gasteiger partial charge in [0.25, 0.3) is 0 Å². The number of hydrogen-bond acceptors (Lipinski definition) is 4. The molecule has 1 unspecified atom stereocenters. The number of fused-ring (bicyclic) bond motifs is 1. The molecule has 0 saturated carbocycles. The van der Waals surface area contributed by atoms with Gasteiger partial charge in [-0.05, 0) is 60.7 Å². The van der Waals surface area contributed by atoms with Crippen LogP contribution in [0.4, 0.5) is 5.82 Å². The van der Waals surface area contributed by atoms with E-state index in [-0.39, 0.29) is 6.04 Å². The van der Waals surface area contributed by atoms with Crippen LogP contribution in [0.3, 0.4) is 0 Å². The highest BCUT2D eigenvalue weighted by Crippen LogP contribution is 2.38. The highest BCUT2D eigenvalue weighted by molar-refractivity contribution is 9.10. The summed E-state index contributed by atoms with van der Waals surface area (Å²) in [5, 5.41) is 13.8. The van der Waals surface area contributed by atoms with E-state index in [0.717, 1.165) is 22.4 Å². The Kier molecular flexibility index (Phi) is 4.08. The fourth-order valence-corrected chi connectivity index (χ4v) is 4.05. The molecule has 1 aliphatic rings. The first-order chi connectivity index (χ1) is 10.9. The largest absolute Gasteiger partial charge is 0.481 e. The van der Waals surface area contributed by atoms with Crippen molar-refractivity contribution in [1.29, 1.82) is 0 Å². The number of nitrogens with zero attached hydrogens (tertiary/aromatic N) is 4. The van der Waals surface area contributed by atoms with Crippen LogP contribution in [0, 0.1) is 5.41 Å². The second-order valence-corrected chi connectivity index (χ2v) is 7.36. The Morgan fingerprint density at radius 2 is 2.30 bits per heavy atom. The number of aliphatic carboxylic acids is 1. The third kappa shape index (κ3) is 2.60. The molecule has 0 spiro atoms. The normalized spacial score (nSPS) is 25.0. The molecule has 0 amide bonds. The molecule has 0 bridgehead atoms. The van der Waals surface area contributed by atoms with Gasteiger partial charge in [0.05, 0.1) is 5.41 Å². The molecule has 2 aromatic rings. The summed E-state index contributed by atoms with van der Waals surface area (Å²) in [5.74, 6) is 0.180. The summed E-state index contributed by atoms with van der Waals surface area (Å²) in [6, 6.07) is 2.19. The van der Waals surface area contributed by atoms with Crippen LogP contribution >= 0.6 is 15.9 Å². The predicted molar refractivity (Wildman–Crippen MR) is 91.8 cm³/mol. The van der Waals surface area contributed by atoms with Gasteiger partial charge in [-0.3, -0.25) is 4.79 Å². The third-order valence-electron chi connectivity index (χ3n) is 4.92. The monoisotopic (exact) mass is 380 g/mol. The molecule has 3 rings (SSSR count). The summed E-state index contributed by atoms with van der Waals surface area (Å²) >= 11 is 3.55. The van der Waals surface area contributed by atoms with Gasteiger partial charge < -0.3 is 10.0 Å². The van der Waals surface area contributed by atoms with E-state index >= 15 is 0 Å². The Balaban J connectivity index is 2.03. The quantitative estimate of drug-likeness (QED) is 0.885. The first-order valence-electron chi connectivity index (χ1n) is 7.88. The number of aromatic nitrogens is 3. The topological polar surface area (TPSA) is 70.7 Å². The van der Waals surface area contributed by atoms with E-state index in [1.165, 1.54) is 5.56 Å². The molecule has 1 aliphatic heterocycles. The van der Waals surface area contributed by atoms with Crippen LogP contribution in [0.2, 0.25) is 0 Å². The van der Waals surface area contributed by atoms with E-state index < -0.39 is 11.4 Å². The smallest absolute Gasteiger partial charge is 0.309 e. The third-order valence-corrected chi connectivity index (χ3v) is 5.49. The van der Waals surface area contributed by atoms with Gasteiger partial charge in [-0.1, -0.05) is 6.92 Å². The molecule has 0 aliphatic carbocycles. The molecule has 0 radical (unpaired) electrons. The molecule has 23 heavy (non-hydrogen) atoms. The van der Waals surface area contributed by atoms with Crippen molar-refractivity contribution < 1.29 is 9.90 Å². The molecule has 1 N–H and O–H groups in total. The van der Waals surface area contributed by atoms with Crippen molar-refractivity contribution in [3.8, 4) is 0 Å². The molecule has 1 fully saturated rings. The van der Waals surface area contributed by atoms with Crippen LogP contribution < -0.4 is 4.90 Å². The Hall–Kier alpha value is -1.63. The molecule has 2 aromatic heterocycles. The number of anilines is 1. The van der Waals surface area contributed by atoms with Gasteiger partial charge >= 0.3 is 5.97 Å². The molecular weight excluding hydrogens is 360 g/mol. The van der Waals surface area contributed by atoms with E-state index in [4.69, 9.17) is 0 Å². The number of hydrogen-bond donors (Lipinski definition) is 1. The predicted octanol–water partition coefficient (Wildman–Crippen LogP) is 3.13.